The van der Waals surface area contributed by atoms with Crippen molar-refractivity contribution in [1.29, 1.82) is 0 Å². The van der Waals surface area contributed by atoms with Crippen molar-refractivity contribution in [2.45, 2.75) is 6.54 Å². The molecule has 1 aliphatic rings. The first-order chi connectivity index (χ1) is 8.43. The predicted octanol–water partition coefficient (Wildman–Crippen LogP) is 2.25. The third kappa shape index (κ3) is 2.33. The lowest BCUT2D eigenvalue weighted by atomic mass is 10.0. The Balaban J connectivity index is 1.89. The molecule has 0 amide bonds. The van der Waals surface area contributed by atoms with Gasteiger partial charge in [-0.25, -0.2) is 0 Å². The van der Waals surface area contributed by atoms with Crippen molar-refractivity contribution in [2.75, 3.05) is 26.2 Å². The molecule has 17 heavy (non-hydrogen) atoms. The number of piperazine rings is 1. The Morgan fingerprint density at radius 2 is 1.71 bits per heavy atom. The van der Waals surface area contributed by atoms with Crippen molar-refractivity contribution in [3.8, 4) is 0 Å². The van der Waals surface area contributed by atoms with Gasteiger partial charge >= 0.3 is 0 Å². The molecule has 0 spiro atoms. The van der Waals surface area contributed by atoms with Gasteiger partial charge in [0.15, 0.2) is 0 Å². The smallest absolute Gasteiger partial charge is 0.0240 e. The minimum atomic E-state index is 1.07. The zero-order valence-corrected chi connectivity index (χ0v) is 10.0. The molecule has 1 fully saturated rings. The van der Waals surface area contributed by atoms with E-state index in [1.807, 2.05) is 0 Å². The van der Waals surface area contributed by atoms with Crippen LogP contribution in [0, 0.1) is 0 Å². The van der Waals surface area contributed by atoms with Gasteiger partial charge in [-0.05, 0) is 16.3 Å². The van der Waals surface area contributed by atoms with Gasteiger partial charge < -0.3 is 5.32 Å². The Morgan fingerprint density at radius 1 is 0.941 bits per heavy atom. The van der Waals surface area contributed by atoms with E-state index in [1.165, 1.54) is 16.3 Å². The third-order valence-corrected chi connectivity index (χ3v) is 3.48. The summed E-state index contributed by atoms with van der Waals surface area (Å²) >= 11 is 0. The molecule has 2 aromatic rings. The lowest BCUT2D eigenvalue weighted by molar-refractivity contribution is 0.234. The summed E-state index contributed by atoms with van der Waals surface area (Å²) in [7, 11) is 0. The van der Waals surface area contributed by atoms with E-state index in [0.29, 0.717) is 0 Å². The van der Waals surface area contributed by atoms with Gasteiger partial charge in [-0.15, -0.1) is 0 Å². The molecule has 0 aromatic heterocycles. The second kappa shape index (κ2) is 4.86. The highest BCUT2D eigenvalue weighted by atomic mass is 15.2. The standard InChI is InChI=1S/C15H18N2/c1-2-7-15-13(4-1)5-3-6-14(15)12-17-10-8-16-9-11-17/h1-7,16H,8-12H2. The van der Waals surface area contributed by atoms with Gasteiger partial charge in [0.05, 0.1) is 0 Å². The molecule has 2 nitrogen and oxygen atoms in total. The maximum atomic E-state index is 3.40. The van der Waals surface area contributed by atoms with Crippen molar-refractivity contribution < 1.29 is 0 Å². The molecule has 0 unspecified atom stereocenters. The summed E-state index contributed by atoms with van der Waals surface area (Å²) in [6, 6.07) is 15.3. The van der Waals surface area contributed by atoms with Crippen LogP contribution in [0.3, 0.4) is 0 Å². The van der Waals surface area contributed by atoms with Crippen LogP contribution in [-0.4, -0.2) is 31.1 Å². The molecule has 1 saturated heterocycles. The lowest BCUT2D eigenvalue weighted by Gasteiger charge is -2.27. The lowest BCUT2D eigenvalue weighted by Crippen LogP contribution is -2.42. The first kappa shape index (κ1) is 10.8. The first-order valence-corrected chi connectivity index (χ1v) is 6.33. The number of hydrogen-bond donors (Lipinski definition) is 1. The summed E-state index contributed by atoms with van der Waals surface area (Å²) in [5, 5.41) is 6.14. The molecule has 0 radical (unpaired) electrons. The highest BCUT2D eigenvalue weighted by molar-refractivity contribution is 5.85. The van der Waals surface area contributed by atoms with E-state index in [0.717, 1.165) is 32.7 Å². The molecule has 1 aliphatic heterocycles. The fraction of sp³-hybridized carbons (Fsp3) is 0.333. The van der Waals surface area contributed by atoms with Crippen LogP contribution >= 0.6 is 0 Å². The van der Waals surface area contributed by atoms with Crippen LogP contribution in [-0.2, 0) is 6.54 Å². The average Bonchev–Trinajstić information content (AvgIpc) is 2.40. The third-order valence-electron chi connectivity index (χ3n) is 3.48. The SMILES string of the molecule is c1ccc2c(CN3CCNCC3)cccc2c1. The van der Waals surface area contributed by atoms with E-state index >= 15 is 0 Å². The summed E-state index contributed by atoms with van der Waals surface area (Å²) in [5.74, 6) is 0. The summed E-state index contributed by atoms with van der Waals surface area (Å²) in [5.41, 5.74) is 1.45. The van der Waals surface area contributed by atoms with Crippen LogP contribution in [0.25, 0.3) is 10.8 Å². The predicted molar refractivity (Wildman–Crippen MR) is 72.1 cm³/mol. The molecule has 0 saturated carbocycles. The molecule has 0 atom stereocenters. The van der Waals surface area contributed by atoms with E-state index in [2.05, 4.69) is 52.7 Å². The van der Waals surface area contributed by atoms with Crippen molar-refractivity contribution in [2.24, 2.45) is 0 Å². The van der Waals surface area contributed by atoms with Crippen LogP contribution in [0.2, 0.25) is 0 Å². The number of nitrogens with zero attached hydrogens (tertiary/aromatic N) is 1. The van der Waals surface area contributed by atoms with E-state index < -0.39 is 0 Å². The molecule has 1 N–H and O–H groups in total. The van der Waals surface area contributed by atoms with Gasteiger partial charge in [-0.1, -0.05) is 42.5 Å². The minimum absolute atomic E-state index is 1.07. The van der Waals surface area contributed by atoms with E-state index in [1.54, 1.807) is 0 Å². The van der Waals surface area contributed by atoms with E-state index in [4.69, 9.17) is 0 Å². The van der Waals surface area contributed by atoms with Gasteiger partial charge in [0.2, 0.25) is 0 Å². The molecule has 0 aliphatic carbocycles. The second-order valence-corrected chi connectivity index (χ2v) is 4.66. The molecule has 2 heteroatoms. The Morgan fingerprint density at radius 3 is 2.59 bits per heavy atom. The first-order valence-electron chi connectivity index (χ1n) is 6.33. The summed E-state index contributed by atoms with van der Waals surface area (Å²) < 4.78 is 0. The van der Waals surface area contributed by atoms with Crippen LogP contribution in [0.1, 0.15) is 5.56 Å². The minimum Gasteiger partial charge on any atom is -0.314 e. The molecule has 88 valence electrons. The van der Waals surface area contributed by atoms with Crippen LogP contribution < -0.4 is 5.32 Å². The zero-order valence-electron chi connectivity index (χ0n) is 10.0. The Hall–Kier alpha value is -1.38. The summed E-state index contributed by atoms with van der Waals surface area (Å²) in [4.78, 5) is 2.53. The fourth-order valence-electron chi connectivity index (χ4n) is 2.54. The number of hydrogen-bond acceptors (Lipinski definition) is 2. The highest BCUT2D eigenvalue weighted by Crippen LogP contribution is 2.19. The number of fused-ring (bicyclic) bond motifs is 1. The van der Waals surface area contributed by atoms with E-state index in [-0.39, 0.29) is 0 Å². The molecule has 1 heterocycles. The van der Waals surface area contributed by atoms with Gasteiger partial charge in [0.25, 0.3) is 0 Å². The van der Waals surface area contributed by atoms with Crippen molar-refractivity contribution in [1.82, 2.24) is 10.2 Å². The molecule has 3 rings (SSSR count). The Labute approximate surface area is 102 Å². The maximum absolute atomic E-state index is 3.40. The topological polar surface area (TPSA) is 15.3 Å². The maximum Gasteiger partial charge on any atom is 0.0240 e. The summed E-state index contributed by atoms with van der Waals surface area (Å²) in [6.07, 6.45) is 0. The quantitative estimate of drug-likeness (QED) is 0.845. The Bertz CT molecular complexity index is 496. The largest absolute Gasteiger partial charge is 0.314 e. The van der Waals surface area contributed by atoms with Gasteiger partial charge in [-0.3, -0.25) is 4.90 Å². The average molecular weight is 226 g/mol. The zero-order chi connectivity index (χ0) is 11.5. The molecular formula is C15H18N2. The molecular weight excluding hydrogens is 208 g/mol. The van der Waals surface area contributed by atoms with Gasteiger partial charge in [-0.2, -0.15) is 0 Å². The van der Waals surface area contributed by atoms with Gasteiger partial charge in [0.1, 0.15) is 0 Å². The van der Waals surface area contributed by atoms with Crippen LogP contribution in [0.4, 0.5) is 0 Å². The monoisotopic (exact) mass is 226 g/mol. The van der Waals surface area contributed by atoms with Crippen LogP contribution in [0.15, 0.2) is 42.5 Å². The molecule has 0 bridgehead atoms. The fourth-order valence-corrected chi connectivity index (χ4v) is 2.54. The summed E-state index contributed by atoms with van der Waals surface area (Å²) in [6.45, 7) is 5.62. The number of nitrogens with one attached hydrogen (secondary N) is 1. The number of benzene rings is 2. The molecule has 2 aromatic carbocycles. The second-order valence-electron chi connectivity index (χ2n) is 4.66. The van der Waals surface area contributed by atoms with Crippen molar-refractivity contribution >= 4 is 10.8 Å². The number of rotatable bonds is 2. The Kier molecular flexibility index (Phi) is 3.08. The van der Waals surface area contributed by atoms with Gasteiger partial charge in [0, 0.05) is 32.7 Å². The van der Waals surface area contributed by atoms with Crippen LogP contribution in [0.5, 0.6) is 0 Å². The van der Waals surface area contributed by atoms with Crippen molar-refractivity contribution in [3.05, 3.63) is 48.0 Å². The normalized spacial score (nSPS) is 17.4. The highest BCUT2D eigenvalue weighted by Gasteiger charge is 2.10. The van der Waals surface area contributed by atoms with Crippen molar-refractivity contribution in [3.63, 3.8) is 0 Å². The van der Waals surface area contributed by atoms with E-state index in [9.17, 15) is 0 Å².